The Morgan fingerprint density at radius 1 is 1.56 bits per heavy atom. The van der Waals surface area contributed by atoms with Crippen LogP contribution in [-0.4, -0.2) is 55.2 Å². The van der Waals surface area contributed by atoms with Gasteiger partial charge in [-0.15, -0.1) is 6.58 Å². The summed E-state index contributed by atoms with van der Waals surface area (Å²) in [5, 5.41) is 2.91. The van der Waals surface area contributed by atoms with Crippen LogP contribution in [0.15, 0.2) is 12.7 Å². The number of morpholine rings is 1. The van der Waals surface area contributed by atoms with Gasteiger partial charge in [-0.3, -0.25) is 9.69 Å². The molecule has 0 aromatic rings. The Balaban J connectivity index is 2.40. The largest absolute Gasteiger partial charge is 0.379 e. The summed E-state index contributed by atoms with van der Waals surface area (Å²) in [6.45, 7) is 11.7. The maximum absolute atomic E-state index is 11.7. The highest BCUT2D eigenvalue weighted by Crippen LogP contribution is 2.15. The normalized spacial score (nSPS) is 19.3. The second-order valence-corrected chi connectivity index (χ2v) is 5.26. The van der Waals surface area contributed by atoms with E-state index in [0.29, 0.717) is 13.0 Å². The van der Waals surface area contributed by atoms with E-state index >= 15 is 0 Å². The van der Waals surface area contributed by atoms with Gasteiger partial charge in [-0.2, -0.15) is 0 Å². The van der Waals surface area contributed by atoms with E-state index in [1.807, 2.05) is 0 Å². The maximum Gasteiger partial charge on any atom is 0.237 e. The van der Waals surface area contributed by atoms with Gasteiger partial charge in [0.05, 0.1) is 19.3 Å². The molecule has 5 heteroatoms. The summed E-state index contributed by atoms with van der Waals surface area (Å²) in [6.07, 6.45) is 2.17. The fraction of sp³-hybridized carbons (Fsp3) is 0.769. The highest BCUT2D eigenvalue weighted by molar-refractivity contribution is 5.81. The first-order valence-electron chi connectivity index (χ1n) is 6.44. The monoisotopic (exact) mass is 255 g/mol. The molecule has 18 heavy (non-hydrogen) atoms. The van der Waals surface area contributed by atoms with Crippen LogP contribution in [0.25, 0.3) is 0 Å². The zero-order valence-electron chi connectivity index (χ0n) is 11.4. The van der Waals surface area contributed by atoms with Crippen molar-refractivity contribution in [1.29, 1.82) is 0 Å². The van der Waals surface area contributed by atoms with E-state index in [1.54, 1.807) is 6.08 Å². The number of nitrogens with zero attached hydrogens (tertiary/aromatic N) is 1. The lowest BCUT2D eigenvalue weighted by Crippen LogP contribution is -2.56. The Hall–Kier alpha value is -0.910. The van der Waals surface area contributed by atoms with E-state index in [2.05, 4.69) is 30.6 Å². The van der Waals surface area contributed by atoms with Crippen molar-refractivity contribution in [3.05, 3.63) is 12.7 Å². The smallest absolute Gasteiger partial charge is 0.237 e. The number of hydrogen-bond acceptors (Lipinski definition) is 4. The van der Waals surface area contributed by atoms with Gasteiger partial charge in [-0.1, -0.05) is 6.08 Å². The van der Waals surface area contributed by atoms with Crippen molar-refractivity contribution in [2.24, 2.45) is 5.73 Å². The quantitative estimate of drug-likeness (QED) is 0.661. The summed E-state index contributed by atoms with van der Waals surface area (Å²) in [4.78, 5) is 14.1. The first-order chi connectivity index (χ1) is 8.47. The van der Waals surface area contributed by atoms with Crippen LogP contribution in [-0.2, 0) is 9.53 Å². The number of ether oxygens (including phenoxy) is 1. The zero-order valence-corrected chi connectivity index (χ0v) is 11.4. The summed E-state index contributed by atoms with van der Waals surface area (Å²) >= 11 is 0. The number of amides is 1. The molecule has 1 amide bonds. The number of hydrogen-bond donors (Lipinski definition) is 2. The zero-order chi connectivity index (χ0) is 13.6. The minimum absolute atomic E-state index is 0.0761. The van der Waals surface area contributed by atoms with E-state index < -0.39 is 6.04 Å². The molecule has 1 aliphatic rings. The summed E-state index contributed by atoms with van der Waals surface area (Å²) in [5.41, 5.74) is 5.64. The van der Waals surface area contributed by atoms with Crippen molar-refractivity contribution < 1.29 is 9.53 Å². The number of nitrogens with two attached hydrogens (primary N) is 1. The molecule has 104 valence electrons. The number of carbonyl (C=O) groups is 1. The molecule has 0 bridgehead atoms. The molecule has 1 rings (SSSR count). The molecule has 0 spiro atoms. The highest BCUT2D eigenvalue weighted by Gasteiger charge is 2.29. The lowest BCUT2D eigenvalue weighted by Gasteiger charge is -2.41. The first kappa shape index (κ1) is 15.1. The minimum Gasteiger partial charge on any atom is -0.379 e. The van der Waals surface area contributed by atoms with Crippen LogP contribution in [0, 0.1) is 0 Å². The Labute approximate surface area is 109 Å². The number of rotatable bonds is 6. The third kappa shape index (κ3) is 4.40. The Morgan fingerprint density at radius 2 is 2.17 bits per heavy atom. The molecule has 0 aromatic carbocycles. The predicted molar refractivity (Wildman–Crippen MR) is 72.3 cm³/mol. The standard InChI is InChI=1S/C13H25N3O2/c1-4-5-11(14)12(17)15-10-13(2,3)16-6-8-18-9-7-16/h4,11H,1,5-10,14H2,2-3H3,(H,15,17). The van der Waals surface area contributed by atoms with E-state index in [0.717, 1.165) is 26.3 Å². The molecule has 1 fully saturated rings. The lowest BCUT2D eigenvalue weighted by molar-refractivity contribution is -0.123. The molecular weight excluding hydrogens is 230 g/mol. The summed E-state index contributed by atoms with van der Waals surface area (Å²) in [6, 6.07) is -0.497. The van der Waals surface area contributed by atoms with Crippen molar-refractivity contribution in [1.82, 2.24) is 10.2 Å². The molecule has 1 atom stereocenters. The molecule has 1 aliphatic heterocycles. The van der Waals surface area contributed by atoms with Gasteiger partial charge >= 0.3 is 0 Å². The van der Waals surface area contributed by atoms with Crippen LogP contribution in [0.5, 0.6) is 0 Å². The molecule has 3 N–H and O–H groups in total. The second kappa shape index (κ2) is 6.87. The van der Waals surface area contributed by atoms with E-state index in [9.17, 15) is 4.79 Å². The van der Waals surface area contributed by atoms with Crippen molar-refractivity contribution in [2.45, 2.75) is 31.8 Å². The molecule has 0 radical (unpaired) electrons. The molecule has 0 aromatic heterocycles. The fourth-order valence-electron chi connectivity index (χ4n) is 2.00. The van der Waals surface area contributed by atoms with Crippen molar-refractivity contribution >= 4 is 5.91 Å². The predicted octanol–water partition coefficient (Wildman–Crippen LogP) is 0.117. The van der Waals surface area contributed by atoms with Crippen LogP contribution in [0.3, 0.4) is 0 Å². The van der Waals surface area contributed by atoms with E-state index in [1.165, 1.54) is 0 Å². The van der Waals surface area contributed by atoms with Crippen LogP contribution in [0.4, 0.5) is 0 Å². The summed E-state index contributed by atoms with van der Waals surface area (Å²) in [5.74, 6) is -0.115. The molecule has 1 heterocycles. The van der Waals surface area contributed by atoms with Gasteiger partial charge in [0.25, 0.3) is 0 Å². The maximum atomic E-state index is 11.7. The third-order valence-electron chi connectivity index (χ3n) is 3.32. The van der Waals surface area contributed by atoms with Crippen LogP contribution in [0.2, 0.25) is 0 Å². The van der Waals surface area contributed by atoms with Crippen LogP contribution >= 0.6 is 0 Å². The summed E-state index contributed by atoms with van der Waals surface area (Å²) < 4.78 is 5.33. The first-order valence-corrected chi connectivity index (χ1v) is 6.44. The Bertz CT molecular complexity index is 286. The molecule has 0 saturated carbocycles. The van der Waals surface area contributed by atoms with Gasteiger partial charge in [0.2, 0.25) is 5.91 Å². The highest BCUT2D eigenvalue weighted by atomic mass is 16.5. The molecular formula is C13H25N3O2. The van der Waals surface area contributed by atoms with Crippen molar-refractivity contribution in [3.8, 4) is 0 Å². The molecule has 1 unspecified atom stereocenters. The van der Waals surface area contributed by atoms with Gasteiger partial charge < -0.3 is 15.8 Å². The number of nitrogens with one attached hydrogen (secondary N) is 1. The summed E-state index contributed by atoms with van der Waals surface area (Å²) in [7, 11) is 0. The van der Waals surface area contributed by atoms with Gasteiger partial charge in [0.1, 0.15) is 0 Å². The van der Waals surface area contributed by atoms with Gasteiger partial charge in [-0.05, 0) is 20.3 Å². The van der Waals surface area contributed by atoms with Gasteiger partial charge in [0, 0.05) is 25.2 Å². The topological polar surface area (TPSA) is 67.6 Å². The molecule has 5 nitrogen and oxygen atoms in total. The minimum atomic E-state index is -0.497. The van der Waals surface area contributed by atoms with E-state index in [4.69, 9.17) is 10.5 Å². The molecule has 0 aliphatic carbocycles. The Kier molecular flexibility index (Phi) is 5.78. The number of carbonyl (C=O) groups excluding carboxylic acids is 1. The average molecular weight is 255 g/mol. The van der Waals surface area contributed by atoms with Gasteiger partial charge in [0.15, 0.2) is 0 Å². The van der Waals surface area contributed by atoms with Crippen LogP contribution in [0.1, 0.15) is 20.3 Å². The lowest BCUT2D eigenvalue weighted by atomic mass is 10.0. The Morgan fingerprint density at radius 3 is 2.72 bits per heavy atom. The fourth-order valence-corrected chi connectivity index (χ4v) is 2.00. The van der Waals surface area contributed by atoms with E-state index in [-0.39, 0.29) is 11.4 Å². The third-order valence-corrected chi connectivity index (χ3v) is 3.32. The second-order valence-electron chi connectivity index (χ2n) is 5.26. The van der Waals surface area contributed by atoms with Gasteiger partial charge in [-0.25, -0.2) is 0 Å². The molecule has 1 saturated heterocycles. The average Bonchev–Trinajstić information content (AvgIpc) is 2.37. The SMILES string of the molecule is C=CCC(N)C(=O)NCC(C)(C)N1CCOCC1. The van der Waals surface area contributed by atoms with Crippen LogP contribution < -0.4 is 11.1 Å². The van der Waals surface area contributed by atoms with Crippen molar-refractivity contribution in [2.75, 3.05) is 32.8 Å². The van der Waals surface area contributed by atoms with Crippen molar-refractivity contribution in [3.63, 3.8) is 0 Å².